The Morgan fingerprint density at radius 1 is 1.02 bits per heavy atom. The van der Waals surface area contributed by atoms with E-state index in [4.69, 9.17) is 4.74 Å². The average Bonchev–Trinajstić information content (AvgIpc) is 3.64. The fourth-order valence-corrected chi connectivity index (χ4v) is 7.85. The van der Waals surface area contributed by atoms with Gasteiger partial charge in [0.05, 0.1) is 24.3 Å². The van der Waals surface area contributed by atoms with E-state index in [0.717, 1.165) is 60.3 Å². The number of allylic oxidation sites excluding steroid dienone is 1. The molecule has 2 aliphatic carbocycles. The number of benzene rings is 2. The smallest absolute Gasteiger partial charge is 0.407 e. The van der Waals surface area contributed by atoms with Crippen LogP contribution < -0.4 is 10.6 Å². The topological polar surface area (TPSA) is 108 Å². The number of ether oxygens (including phenoxy) is 1. The molecule has 1 saturated heterocycles. The molecule has 1 heterocycles. The molecule has 0 spiro atoms. The number of hydrogen-bond donors (Lipinski definition) is 4. The van der Waals surface area contributed by atoms with Crippen LogP contribution in [0, 0.1) is 11.8 Å². The van der Waals surface area contributed by atoms with Gasteiger partial charge in [-0.3, -0.25) is 4.79 Å². The monoisotopic (exact) mass is 606 g/mol. The largest absolute Gasteiger partial charge is 0.445 e. The number of alkyl carbamates (subject to hydrolysis) is 1. The summed E-state index contributed by atoms with van der Waals surface area (Å²) in [6, 6.07) is 16.7. The molecule has 2 fully saturated rings. The predicted molar refractivity (Wildman–Crippen MR) is 172 cm³/mol. The Morgan fingerprint density at radius 2 is 1.79 bits per heavy atom. The van der Waals surface area contributed by atoms with Gasteiger partial charge < -0.3 is 25.6 Å². The Bertz CT molecular complexity index is 1210. The van der Waals surface area contributed by atoms with Gasteiger partial charge in [0, 0.05) is 18.1 Å². The normalized spacial score (nSPS) is 24.3. The standard InChI is InChI=1S/C35H46N2O5S/c38-31(30(20-25-12-5-2-6-13-25)36-35(41)42-28-18-19-43-23-28)22-27(16-9-14-24-10-3-1-4-11-24)34(40)37-33-29-17-8-7-15-26(29)21-32(33)39/h1,3-4,7-11,14-15,17,25,27-28,30-33,38-39H,2,5-6,12-13,16,18-23H2,(H,36,41)(H,37,40)/t27-,28?,30+,31+,32-,33+/m1/s1. The molecule has 2 amide bonds. The van der Waals surface area contributed by atoms with E-state index in [1.807, 2.05) is 66.7 Å². The van der Waals surface area contributed by atoms with Crippen molar-refractivity contribution in [1.82, 2.24) is 10.6 Å². The lowest BCUT2D eigenvalue weighted by atomic mass is 9.82. The zero-order valence-corrected chi connectivity index (χ0v) is 25.7. The van der Waals surface area contributed by atoms with Crippen molar-refractivity contribution >= 4 is 29.8 Å². The summed E-state index contributed by atoms with van der Waals surface area (Å²) in [5, 5.41) is 28.5. The molecule has 3 aliphatic rings. The van der Waals surface area contributed by atoms with Crippen molar-refractivity contribution in [2.24, 2.45) is 11.8 Å². The summed E-state index contributed by atoms with van der Waals surface area (Å²) in [7, 11) is 0. The maximum atomic E-state index is 13.8. The number of thioether (sulfide) groups is 1. The summed E-state index contributed by atoms with van der Waals surface area (Å²) in [6.45, 7) is 0. The van der Waals surface area contributed by atoms with E-state index in [9.17, 15) is 19.8 Å². The van der Waals surface area contributed by atoms with E-state index < -0.39 is 36.3 Å². The number of carbonyl (C=O) groups excluding carboxylic acids is 2. The van der Waals surface area contributed by atoms with Crippen molar-refractivity contribution in [3.63, 3.8) is 0 Å². The first kappa shape index (κ1) is 31.6. The first-order chi connectivity index (χ1) is 21.0. The lowest BCUT2D eigenvalue weighted by Crippen LogP contribution is -2.47. The molecule has 232 valence electrons. The van der Waals surface area contributed by atoms with E-state index in [1.165, 1.54) is 6.42 Å². The molecular formula is C35H46N2O5S. The second-order valence-electron chi connectivity index (χ2n) is 12.4. The van der Waals surface area contributed by atoms with Gasteiger partial charge in [-0.15, -0.1) is 0 Å². The van der Waals surface area contributed by atoms with Gasteiger partial charge in [0.2, 0.25) is 5.91 Å². The molecule has 5 rings (SSSR count). The third-order valence-corrected chi connectivity index (χ3v) is 10.3. The Balaban J connectivity index is 1.30. The number of aliphatic hydroxyl groups excluding tert-OH is 2. The minimum atomic E-state index is -0.922. The van der Waals surface area contributed by atoms with Gasteiger partial charge in [0.15, 0.2) is 0 Å². The van der Waals surface area contributed by atoms with E-state index in [-0.39, 0.29) is 18.4 Å². The Kier molecular flexibility index (Phi) is 11.6. The van der Waals surface area contributed by atoms with Gasteiger partial charge >= 0.3 is 6.09 Å². The van der Waals surface area contributed by atoms with E-state index in [1.54, 1.807) is 11.8 Å². The summed E-state index contributed by atoms with van der Waals surface area (Å²) in [5.41, 5.74) is 3.01. The Hall–Kier alpha value is -2.81. The number of aliphatic hydroxyl groups is 2. The molecule has 6 atom stereocenters. The zero-order chi connectivity index (χ0) is 30.0. The van der Waals surface area contributed by atoms with Gasteiger partial charge in [0.25, 0.3) is 0 Å². The number of rotatable bonds is 12. The second kappa shape index (κ2) is 15.8. The summed E-state index contributed by atoms with van der Waals surface area (Å²) in [6.07, 6.45) is 10.1. The minimum absolute atomic E-state index is 0.0974. The Labute approximate surface area is 259 Å². The highest BCUT2D eigenvalue weighted by atomic mass is 32.2. The van der Waals surface area contributed by atoms with Crippen molar-refractivity contribution in [3.05, 3.63) is 77.4 Å². The van der Waals surface area contributed by atoms with Crippen LogP contribution in [0.5, 0.6) is 0 Å². The minimum Gasteiger partial charge on any atom is -0.445 e. The van der Waals surface area contributed by atoms with E-state index in [0.29, 0.717) is 25.2 Å². The van der Waals surface area contributed by atoms with Crippen LogP contribution in [-0.2, 0) is 16.0 Å². The van der Waals surface area contributed by atoms with Crippen LogP contribution in [0.1, 0.15) is 80.5 Å². The fraction of sp³-hybridized carbons (Fsp3) is 0.543. The molecule has 1 aliphatic heterocycles. The van der Waals surface area contributed by atoms with Crippen molar-refractivity contribution in [2.45, 2.75) is 94.6 Å². The van der Waals surface area contributed by atoms with Gasteiger partial charge in [-0.25, -0.2) is 4.79 Å². The third-order valence-electron chi connectivity index (χ3n) is 9.17. The van der Waals surface area contributed by atoms with Crippen LogP contribution in [0.15, 0.2) is 60.7 Å². The number of hydrogen-bond acceptors (Lipinski definition) is 6. The second-order valence-corrected chi connectivity index (χ2v) is 13.5. The van der Waals surface area contributed by atoms with Crippen LogP contribution in [0.25, 0.3) is 6.08 Å². The molecule has 2 aromatic carbocycles. The van der Waals surface area contributed by atoms with E-state index >= 15 is 0 Å². The van der Waals surface area contributed by atoms with Crippen molar-refractivity contribution in [3.8, 4) is 0 Å². The molecule has 1 unspecified atom stereocenters. The number of carbonyl (C=O) groups is 2. The molecule has 2 aromatic rings. The molecule has 7 nitrogen and oxygen atoms in total. The maximum absolute atomic E-state index is 13.8. The molecule has 0 radical (unpaired) electrons. The quantitative estimate of drug-likeness (QED) is 0.243. The summed E-state index contributed by atoms with van der Waals surface area (Å²) in [5.74, 6) is 1.45. The lowest BCUT2D eigenvalue weighted by molar-refractivity contribution is -0.127. The highest BCUT2D eigenvalue weighted by Crippen LogP contribution is 2.33. The molecule has 8 heteroatoms. The SMILES string of the molecule is O=C(N[C@@H](CC1CCCCC1)[C@@H](O)C[C@@H](CC=Cc1ccccc1)C(=O)N[C@H]1c2ccccc2C[C@H]1O)OC1CCSC1. The molecule has 0 bridgehead atoms. The van der Waals surface area contributed by atoms with Gasteiger partial charge in [-0.2, -0.15) is 11.8 Å². The van der Waals surface area contributed by atoms with Crippen LogP contribution in [0.3, 0.4) is 0 Å². The maximum Gasteiger partial charge on any atom is 0.407 e. The average molecular weight is 607 g/mol. The van der Waals surface area contributed by atoms with Gasteiger partial charge in [-0.1, -0.05) is 98.9 Å². The molecule has 0 aromatic heterocycles. The van der Waals surface area contributed by atoms with Crippen LogP contribution >= 0.6 is 11.8 Å². The van der Waals surface area contributed by atoms with Gasteiger partial charge in [-0.05, 0) is 54.0 Å². The molecule has 1 saturated carbocycles. The summed E-state index contributed by atoms with van der Waals surface area (Å²) in [4.78, 5) is 26.7. The van der Waals surface area contributed by atoms with Crippen LogP contribution in [-0.4, -0.2) is 58.1 Å². The van der Waals surface area contributed by atoms with E-state index in [2.05, 4.69) is 10.6 Å². The fourth-order valence-electron chi connectivity index (χ4n) is 6.75. The predicted octanol–water partition coefficient (Wildman–Crippen LogP) is 5.80. The zero-order valence-electron chi connectivity index (χ0n) is 24.9. The number of amides is 2. The number of nitrogens with one attached hydrogen (secondary N) is 2. The highest BCUT2D eigenvalue weighted by Gasteiger charge is 2.35. The first-order valence-electron chi connectivity index (χ1n) is 16.0. The lowest BCUT2D eigenvalue weighted by Gasteiger charge is -2.32. The molecule has 4 N–H and O–H groups in total. The summed E-state index contributed by atoms with van der Waals surface area (Å²) < 4.78 is 5.68. The van der Waals surface area contributed by atoms with Crippen molar-refractivity contribution < 1.29 is 24.5 Å². The van der Waals surface area contributed by atoms with Crippen molar-refractivity contribution in [1.29, 1.82) is 0 Å². The number of fused-ring (bicyclic) bond motifs is 1. The van der Waals surface area contributed by atoms with Crippen LogP contribution in [0.2, 0.25) is 0 Å². The van der Waals surface area contributed by atoms with Crippen LogP contribution in [0.4, 0.5) is 4.79 Å². The highest BCUT2D eigenvalue weighted by molar-refractivity contribution is 7.99. The van der Waals surface area contributed by atoms with Crippen molar-refractivity contribution in [2.75, 3.05) is 11.5 Å². The molecular weight excluding hydrogens is 560 g/mol. The van der Waals surface area contributed by atoms with Gasteiger partial charge in [0.1, 0.15) is 6.10 Å². The summed E-state index contributed by atoms with van der Waals surface area (Å²) >= 11 is 1.78. The third kappa shape index (κ3) is 9.10. The molecule has 43 heavy (non-hydrogen) atoms. The Morgan fingerprint density at radius 3 is 2.56 bits per heavy atom. The first-order valence-corrected chi connectivity index (χ1v) is 17.1.